The standard InChI is InChI=1S/C16H30N4O2.HI/c1-3-13(20-10-4-7-15(20)21)8-9-18-16(17-2)19-12-14-6-5-11-22-14;/h13-14H,3-12H2,1-2H3,(H2,17,18,19);1H. The molecule has 2 aliphatic heterocycles. The molecule has 2 N–H and O–H groups in total. The Bertz CT molecular complexity index is 386. The summed E-state index contributed by atoms with van der Waals surface area (Å²) in [6.07, 6.45) is 6.28. The van der Waals surface area contributed by atoms with Crippen molar-refractivity contribution in [3.8, 4) is 0 Å². The minimum Gasteiger partial charge on any atom is -0.376 e. The Morgan fingerprint density at radius 3 is 2.83 bits per heavy atom. The smallest absolute Gasteiger partial charge is 0.222 e. The predicted octanol–water partition coefficient (Wildman–Crippen LogP) is 1.74. The van der Waals surface area contributed by atoms with E-state index in [2.05, 4.69) is 22.5 Å². The number of nitrogens with one attached hydrogen (secondary N) is 2. The topological polar surface area (TPSA) is 66.0 Å². The molecular formula is C16H31IN4O2. The van der Waals surface area contributed by atoms with E-state index in [0.29, 0.717) is 24.5 Å². The van der Waals surface area contributed by atoms with Crippen molar-refractivity contribution < 1.29 is 9.53 Å². The number of hydrogen-bond acceptors (Lipinski definition) is 3. The van der Waals surface area contributed by atoms with Crippen LogP contribution in [0.1, 0.15) is 45.4 Å². The maximum absolute atomic E-state index is 11.8. The van der Waals surface area contributed by atoms with Gasteiger partial charge in [-0.25, -0.2) is 0 Å². The number of amides is 1. The number of likely N-dealkylation sites (tertiary alicyclic amines) is 1. The molecule has 2 rings (SSSR count). The fourth-order valence-electron chi connectivity index (χ4n) is 3.23. The molecular weight excluding hydrogens is 407 g/mol. The van der Waals surface area contributed by atoms with Crippen LogP contribution in [0.5, 0.6) is 0 Å². The number of hydrogen-bond donors (Lipinski definition) is 2. The summed E-state index contributed by atoms with van der Waals surface area (Å²) in [5.41, 5.74) is 0. The summed E-state index contributed by atoms with van der Waals surface area (Å²) >= 11 is 0. The molecule has 0 aromatic carbocycles. The number of nitrogens with zero attached hydrogens (tertiary/aromatic N) is 2. The second-order valence-corrected chi connectivity index (χ2v) is 6.06. The van der Waals surface area contributed by atoms with E-state index < -0.39 is 0 Å². The van der Waals surface area contributed by atoms with Crippen molar-refractivity contribution in [2.75, 3.05) is 33.3 Å². The highest BCUT2D eigenvalue weighted by molar-refractivity contribution is 14.0. The lowest BCUT2D eigenvalue weighted by Crippen LogP contribution is -2.43. The molecule has 0 radical (unpaired) electrons. The van der Waals surface area contributed by atoms with Crippen molar-refractivity contribution >= 4 is 35.8 Å². The van der Waals surface area contributed by atoms with Crippen LogP contribution in [0.3, 0.4) is 0 Å². The number of aliphatic imine (C=N–C) groups is 1. The van der Waals surface area contributed by atoms with E-state index in [1.54, 1.807) is 7.05 Å². The molecule has 134 valence electrons. The first-order valence-electron chi connectivity index (χ1n) is 8.60. The molecule has 6 nitrogen and oxygen atoms in total. The van der Waals surface area contributed by atoms with Crippen LogP contribution in [0.25, 0.3) is 0 Å². The number of guanidine groups is 1. The van der Waals surface area contributed by atoms with Crippen LogP contribution in [0.15, 0.2) is 4.99 Å². The molecule has 0 saturated carbocycles. The van der Waals surface area contributed by atoms with Gasteiger partial charge in [0.25, 0.3) is 0 Å². The zero-order valence-electron chi connectivity index (χ0n) is 14.3. The fraction of sp³-hybridized carbons (Fsp3) is 0.875. The van der Waals surface area contributed by atoms with Gasteiger partial charge >= 0.3 is 0 Å². The quantitative estimate of drug-likeness (QED) is 0.361. The minimum absolute atomic E-state index is 0. The maximum atomic E-state index is 11.8. The van der Waals surface area contributed by atoms with Crippen molar-refractivity contribution in [3.05, 3.63) is 0 Å². The number of carbonyl (C=O) groups is 1. The van der Waals surface area contributed by atoms with Crippen LogP contribution in [0.2, 0.25) is 0 Å². The monoisotopic (exact) mass is 438 g/mol. The highest BCUT2D eigenvalue weighted by Gasteiger charge is 2.26. The van der Waals surface area contributed by atoms with Crippen LogP contribution in [0.4, 0.5) is 0 Å². The van der Waals surface area contributed by atoms with E-state index in [0.717, 1.165) is 64.3 Å². The Morgan fingerprint density at radius 2 is 2.26 bits per heavy atom. The SMILES string of the molecule is CCC(CCNC(=NC)NCC1CCCO1)N1CCCC1=O.I. The van der Waals surface area contributed by atoms with E-state index in [1.165, 1.54) is 0 Å². The molecule has 0 aromatic rings. The molecule has 7 heteroatoms. The van der Waals surface area contributed by atoms with Crippen LogP contribution >= 0.6 is 24.0 Å². The van der Waals surface area contributed by atoms with Crippen LogP contribution in [-0.2, 0) is 9.53 Å². The Hall–Kier alpha value is -0.570. The zero-order valence-corrected chi connectivity index (χ0v) is 16.7. The normalized spacial score (nSPS) is 22.9. The molecule has 2 atom stereocenters. The van der Waals surface area contributed by atoms with Crippen molar-refractivity contribution in [2.45, 2.75) is 57.6 Å². The third-order valence-electron chi connectivity index (χ3n) is 4.54. The van der Waals surface area contributed by atoms with Gasteiger partial charge < -0.3 is 20.3 Å². The summed E-state index contributed by atoms with van der Waals surface area (Å²) in [7, 11) is 1.78. The zero-order chi connectivity index (χ0) is 15.8. The average Bonchev–Trinajstić information content (AvgIpc) is 3.18. The maximum Gasteiger partial charge on any atom is 0.222 e. The van der Waals surface area contributed by atoms with Gasteiger partial charge in [0.15, 0.2) is 5.96 Å². The van der Waals surface area contributed by atoms with Gasteiger partial charge in [0.1, 0.15) is 0 Å². The van der Waals surface area contributed by atoms with E-state index in [-0.39, 0.29) is 24.0 Å². The summed E-state index contributed by atoms with van der Waals surface area (Å²) < 4.78 is 5.60. The summed E-state index contributed by atoms with van der Waals surface area (Å²) in [6.45, 7) is 5.58. The lowest BCUT2D eigenvalue weighted by Gasteiger charge is -2.27. The number of rotatable bonds is 7. The first-order chi connectivity index (χ1) is 10.7. The molecule has 2 heterocycles. The third kappa shape index (κ3) is 6.45. The van der Waals surface area contributed by atoms with E-state index in [9.17, 15) is 4.79 Å². The van der Waals surface area contributed by atoms with Gasteiger partial charge in [-0.2, -0.15) is 0 Å². The van der Waals surface area contributed by atoms with Gasteiger partial charge in [0.2, 0.25) is 5.91 Å². The van der Waals surface area contributed by atoms with Gasteiger partial charge in [-0.1, -0.05) is 6.92 Å². The molecule has 1 amide bonds. The molecule has 0 bridgehead atoms. The number of ether oxygens (including phenoxy) is 1. The Labute approximate surface area is 156 Å². The molecule has 2 aliphatic rings. The second-order valence-electron chi connectivity index (χ2n) is 6.06. The van der Waals surface area contributed by atoms with Crippen LogP contribution < -0.4 is 10.6 Å². The molecule has 2 saturated heterocycles. The highest BCUT2D eigenvalue weighted by Crippen LogP contribution is 2.17. The van der Waals surface area contributed by atoms with Crippen molar-refractivity contribution in [2.24, 2.45) is 4.99 Å². The molecule has 23 heavy (non-hydrogen) atoms. The molecule has 2 fully saturated rings. The lowest BCUT2D eigenvalue weighted by atomic mass is 10.1. The van der Waals surface area contributed by atoms with Gasteiger partial charge in [0, 0.05) is 45.8 Å². The average molecular weight is 438 g/mol. The Balaban J connectivity index is 0.00000264. The second kappa shape index (κ2) is 11.1. The Kier molecular flexibility index (Phi) is 9.85. The van der Waals surface area contributed by atoms with Crippen molar-refractivity contribution in [1.29, 1.82) is 0 Å². The van der Waals surface area contributed by atoms with Gasteiger partial charge in [-0.3, -0.25) is 9.79 Å². The van der Waals surface area contributed by atoms with Crippen molar-refractivity contribution in [1.82, 2.24) is 15.5 Å². The minimum atomic E-state index is 0. The molecule has 2 unspecified atom stereocenters. The Morgan fingerprint density at radius 1 is 1.43 bits per heavy atom. The summed E-state index contributed by atoms with van der Waals surface area (Å²) in [5.74, 6) is 1.13. The lowest BCUT2D eigenvalue weighted by molar-refractivity contribution is -0.129. The summed E-state index contributed by atoms with van der Waals surface area (Å²) in [5, 5.41) is 6.66. The van der Waals surface area contributed by atoms with E-state index in [4.69, 9.17) is 4.74 Å². The summed E-state index contributed by atoms with van der Waals surface area (Å²) in [6, 6.07) is 0.346. The first kappa shape index (κ1) is 20.5. The molecule has 0 aromatic heterocycles. The predicted molar refractivity (Wildman–Crippen MR) is 103 cm³/mol. The van der Waals surface area contributed by atoms with Crippen molar-refractivity contribution in [3.63, 3.8) is 0 Å². The number of halogens is 1. The van der Waals surface area contributed by atoms with Crippen LogP contribution in [-0.4, -0.2) is 62.2 Å². The third-order valence-corrected chi connectivity index (χ3v) is 4.54. The first-order valence-corrected chi connectivity index (χ1v) is 8.60. The number of carbonyl (C=O) groups excluding carboxylic acids is 1. The highest BCUT2D eigenvalue weighted by atomic mass is 127. The van der Waals surface area contributed by atoms with Crippen LogP contribution in [0, 0.1) is 0 Å². The largest absolute Gasteiger partial charge is 0.376 e. The van der Waals surface area contributed by atoms with Gasteiger partial charge in [-0.15, -0.1) is 24.0 Å². The van der Waals surface area contributed by atoms with Gasteiger partial charge in [0.05, 0.1) is 6.10 Å². The summed E-state index contributed by atoms with van der Waals surface area (Å²) in [4.78, 5) is 18.1. The molecule has 0 aliphatic carbocycles. The van der Waals surface area contributed by atoms with E-state index in [1.807, 2.05) is 4.90 Å². The van der Waals surface area contributed by atoms with E-state index >= 15 is 0 Å². The molecule has 0 spiro atoms. The van der Waals surface area contributed by atoms with Gasteiger partial charge in [-0.05, 0) is 32.1 Å². The fourth-order valence-corrected chi connectivity index (χ4v) is 3.23.